The van der Waals surface area contributed by atoms with Gasteiger partial charge < -0.3 is 10.5 Å². The van der Waals surface area contributed by atoms with Gasteiger partial charge in [-0.1, -0.05) is 25.0 Å². The molecule has 2 atom stereocenters. The SMILES string of the molecule is COc1cccc(C(SC2CCCC2)C(C)N)c1. The molecule has 0 saturated heterocycles. The number of benzene rings is 1. The molecule has 1 aliphatic rings. The quantitative estimate of drug-likeness (QED) is 0.880. The van der Waals surface area contributed by atoms with Crippen LogP contribution in [0, 0.1) is 0 Å². The summed E-state index contributed by atoms with van der Waals surface area (Å²) in [7, 11) is 1.71. The first-order chi connectivity index (χ1) is 8.70. The molecule has 0 radical (unpaired) electrons. The maximum atomic E-state index is 6.18. The molecule has 18 heavy (non-hydrogen) atoms. The topological polar surface area (TPSA) is 35.2 Å². The van der Waals surface area contributed by atoms with E-state index in [0.29, 0.717) is 5.25 Å². The maximum Gasteiger partial charge on any atom is 0.119 e. The number of hydrogen-bond donors (Lipinski definition) is 1. The van der Waals surface area contributed by atoms with E-state index in [4.69, 9.17) is 10.5 Å². The van der Waals surface area contributed by atoms with Gasteiger partial charge in [0.25, 0.3) is 0 Å². The Hall–Kier alpha value is -0.670. The Morgan fingerprint density at radius 2 is 2.06 bits per heavy atom. The lowest BCUT2D eigenvalue weighted by Crippen LogP contribution is -2.24. The van der Waals surface area contributed by atoms with E-state index in [-0.39, 0.29) is 6.04 Å². The number of rotatable bonds is 5. The molecule has 1 aliphatic carbocycles. The van der Waals surface area contributed by atoms with Crippen LogP contribution in [-0.2, 0) is 0 Å². The zero-order valence-corrected chi connectivity index (χ0v) is 12.1. The van der Waals surface area contributed by atoms with E-state index >= 15 is 0 Å². The van der Waals surface area contributed by atoms with E-state index in [1.165, 1.54) is 31.2 Å². The molecule has 2 unspecified atom stereocenters. The predicted molar refractivity (Wildman–Crippen MR) is 79.2 cm³/mol. The highest BCUT2D eigenvalue weighted by Crippen LogP contribution is 2.41. The summed E-state index contributed by atoms with van der Waals surface area (Å²) in [5.74, 6) is 0.921. The standard InChI is InChI=1S/C15H23NOS/c1-11(16)15(18-14-8-3-4-9-14)12-6-5-7-13(10-12)17-2/h5-7,10-11,14-15H,3-4,8-9,16H2,1-2H3. The fourth-order valence-corrected chi connectivity index (χ4v) is 4.13. The minimum atomic E-state index is 0.169. The van der Waals surface area contributed by atoms with Crippen molar-refractivity contribution in [2.24, 2.45) is 5.73 Å². The largest absolute Gasteiger partial charge is 0.497 e. The summed E-state index contributed by atoms with van der Waals surface area (Å²) in [5.41, 5.74) is 7.47. The lowest BCUT2D eigenvalue weighted by molar-refractivity contribution is 0.414. The summed E-state index contributed by atoms with van der Waals surface area (Å²) in [6.45, 7) is 2.10. The third kappa shape index (κ3) is 3.42. The second-order valence-corrected chi connectivity index (χ2v) is 6.55. The number of hydrogen-bond acceptors (Lipinski definition) is 3. The highest BCUT2D eigenvalue weighted by Gasteiger charge is 2.24. The average Bonchev–Trinajstić information content (AvgIpc) is 2.88. The van der Waals surface area contributed by atoms with Crippen LogP contribution >= 0.6 is 11.8 Å². The molecule has 1 fully saturated rings. The number of methoxy groups -OCH3 is 1. The zero-order valence-electron chi connectivity index (χ0n) is 11.3. The number of ether oxygens (including phenoxy) is 1. The highest BCUT2D eigenvalue weighted by molar-refractivity contribution is 8.00. The predicted octanol–water partition coefficient (Wildman–Crippen LogP) is 3.76. The maximum absolute atomic E-state index is 6.18. The van der Waals surface area contributed by atoms with E-state index in [2.05, 4.69) is 36.9 Å². The molecular formula is C15H23NOS. The summed E-state index contributed by atoms with van der Waals surface area (Å²) < 4.78 is 5.30. The Kier molecular flexibility index (Phi) is 4.95. The summed E-state index contributed by atoms with van der Waals surface area (Å²) in [6, 6.07) is 8.50. The molecule has 2 nitrogen and oxygen atoms in total. The first kappa shape index (κ1) is 13.8. The van der Waals surface area contributed by atoms with Gasteiger partial charge in [-0.3, -0.25) is 0 Å². The van der Waals surface area contributed by atoms with Crippen LogP contribution in [-0.4, -0.2) is 18.4 Å². The average molecular weight is 265 g/mol. The van der Waals surface area contributed by atoms with Crippen LogP contribution < -0.4 is 10.5 Å². The first-order valence-corrected chi connectivity index (χ1v) is 7.70. The first-order valence-electron chi connectivity index (χ1n) is 6.75. The molecule has 0 heterocycles. The number of nitrogens with two attached hydrogens (primary N) is 1. The Labute approximate surface area is 114 Å². The van der Waals surface area contributed by atoms with Crippen LogP contribution in [0.2, 0.25) is 0 Å². The molecule has 3 heteroatoms. The highest BCUT2D eigenvalue weighted by atomic mass is 32.2. The smallest absolute Gasteiger partial charge is 0.119 e. The van der Waals surface area contributed by atoms with Crippen LogP contribution in [0.3, 0.4) is 0 Å². The number of thioether (sulfide) groups is 1. The second-order valence-electron chi connectivity index (χ2n) is 5.10. The van der Waals surface area contributed by atoms with Gasteiger partial charge in [0.2, 0.25) is 0 Å². The minimum Gasteiger partial charge on any atom is -0.497 e. The third-order valence-electron chi connectivity index (χ3n) is 3.54. The Bertz CT molecular complexity index is 375. The molecule has 1 saturated carbocycles. The van der Waals surface area contributed by atoms with E-state index in [1.54, 1.807) is 7.11 Å². The van der Waals surface area contributed by atoms with E-state index in [9.17, 15) is 0 Å². The fourth-order valence-electron chi connectivity index (χ4n) is 2.56. The van der Waals surface area contributed by atoms with Crippen molar-refractivity contribution in [3.63, 3.8) is 0 Å². The molecule has 2 N–H and O–H groups in total. The summed E-state index contributed by atoms with van der Waals surface area (Å²) in [6.07, 6.45) is 5.44. The van der Waals surface area contributed by atoms with Gasteiger partial charge in [0.15, 0.2) is 0 Å². The van der Waals surface area contributed by atoms with E-state index in [1.807, 2.05) is 6.07 Å². The molecule has 2 rings (SSSR count). The van der Waals surface area contributed by atoms with Crippen LogP contribution in [0.5, 0.6) is 5.75 Å². The van der Waals surface area contributed by atoms with Crippen molar-refractivity contribution in [3.05, 3.63) is 29.8 Å². The van der Waals surface area contributed by atoms with Crippen molar-refractivity contribution in [3.8, 4) is 5.75 Å². The monoisotopic (exact) mass is 265 g/mol. The molecule has 100 valence electrons. The van der Waals surface area contributed by atoms with Crippen molar-refractivity contribution in [2.45, 2.75) is 49.1 Å². The van der Waals surface area contributed by atoms with E-state index < -0.39 is 0 Å². The zero-order chi connectivity index (χ0) is 13.0. The Morgan fingerprint density at radius 3 is 2.67 bits per heavy atom. The summed E-state index contributed by atoms with van der Waals surface area (Å²) in [5, 5.41) is 1.16. The Morgan fingerprint density at radius 1 is 1.33 bits per heavy atom. The normalized spacial score (nSPS) is 19.7. The van der Waals surface area contributed by atoms with Crippen LogP contribution in [0.15, 0.2) is 24.3 Å². The minimum absolute atomic E-state index is 0.169. The molecule has 0 aromatic heterocycles. The molecule has 0 aliphatic heterocycles. The van der Waals surface area contributed by atoms with E-state index in [0.717, 1.165) is 11.0 Å². The second kappa shape index (κ2) is 6.48. The lowest BCUT2D eigenvalue weighted by atomic mass is 10.1. The third-order valence-corrected chi connectivity index (χ3v) is 5.39. The molecule has 1 aromatic rings. The van der Waals surface area contributed by atoms with Gasteiger partial charge in [0.05, 0.1) is 7.11 Å². The Balaban J connectivity index is 2.12. The molecule has 1 aromatic carbocycles. The van der Waals surface area contributed by atoms with Gasteiger partial charge in [-0.15, -0.1) is 11.8 Å². The van der Waals surface area contributed by atoms with Crippen molar-refractivity contribution in [2.75, 3.05) is 7.11 Å². The van der Waals surface area contributed by atoms with Crippen molar-refractivity contribution < 1.29 is 4.74 Å². The molecule has 0 bridgehead atoms. The summed E-state index contributed by atoms with van der Waals surface area (Å²) >= 11 is 2.05. The van der Waals surface area contributed by atoms with Gasteiger partial charge in [0, 0.05) is 16.5 Å². The van der Waals surface area contributed by atoms with Crippen LogP contribution in [0.25, 0.3) is 0 Å². The molecule has 0 amide bonds. The summed E-state index contributed by atoms with van der Waals surface area (Å²) in [4.78, 5) is 0. The van der Waals surface area contributed by atoms with Crippen molar-refractivity contribution >= 4 is 11.8 Å². The van der Waals surface area contributed by atoms with Gasteiger partial charge in [-0.05, 0) is 37.5 Å². The fraction of sp³-hybridized carbons (Fsp3) is 0.600. The molecule has 0 spiro atoms. The van der Waals surface area contributed by atoms with Crippen LogP contribution in [0.1, 0.15) is 43.4 Å². The van der Waals surface area contributed by atoms with Crippen LogP contribution in [0.4, 0.5) is 0 Å². The van der Waals surface area contributed by atoms with Crippen molar-refractivity contribution in [1.82, 2.24) is 0 Å². The van der Waals surface area contributed by atoms with Gasteiger partial charge >= 0.3 is 0 Å². The lowest BCUT2D eigenvalue weighted by Gasteiger charge is -2.24. The molecular weight excluding hydrogens is 242 g/mol. The van der Waals surface area contributed by atoms with Gasteiger partial charge in [-0.2, -0.15) is 0 Å². The van der Waals surface area contributed by atoms with Gasteiger partial charge in [-0.25, -0.2) is 0 Å². The van der Waals surface area contributed by atoms with Crippen molar-refractivity contribution in [1.29, 1.82) is 0 Å². The van der Waals surface area contributed by atoms with Gasteiger partial charge in [0.1, 0.15) is 5.75 Å².